The van der Waals surface area contributed by atoms with Gasteiger partial charge in [0.25, 0.3) is 0 Å². The number of rotatable bonds is 6. The maximum atomic E-state index is 12.6. The largest absolute Gasteiger partial charge is 0.497 e. The molecule has 24 heavy (non-hydrogen) atoms. The zero-order chi connectivity index (χ0) is 17.1. The fourth-order valence-corrected chi connectivity index (χ4v) is 3.05. The first kappa shape index (κ1) is 16.7. The van der Waals surface area contributed by atoms with Crippen molar-refractivity contribution in [3.8, 4) is 11.5 Å². The highest BCUT2D eigenvalue weighted by Gasteiger charge is 2.30. The molecular formula is C18H19F2NO3. The van der Waals surface area contributed by atoms with E-state index in [1.165, 1.54) is 13.2 Å². The molecule has 1 aliphatic rings. The second kappa shape index (κ2) is 7.15. The van der Waals surface area contributed by atoms with Gasteiger partial charge < -0.3 is 19.9 Å². The van der Waals surface area contributed by atoms with E-state index in [1.807, 2.05) is 24.3 Å². The Morgan fingerprint density at radius 3 is 2.79 bits per heavy atom. The van der Waals surface area contributed by atoms with Crippen LogP contribution < -0.4 is 14.8 Å². The van der Waals surface area contributed by atoms with E-state index in [0.717, 1.165) is 11.1 Å². The zero-order valence-electron chi connectivity index (χ0n) is 13.2. The van der Waals surface area contributed by atoms with Crippen molar-refractivity contribution >= 4 is 0 Å². The molecule has 4 nitrogen and oxygen atoms in total. The molecule has 0 saturated carbocycles. The summed E-state index contributed by atoms with van der Waals surface area (Å²) < 4.78 is 34.9. The van der Waals surface area contributed by atoms with Gasteiger partial charge in [-0.1, -0.05) is 30.3 Å². The monoisotopic (exact) mass is 335 g/mol. The Bertz CT molecular complexity index is 708. The lowest BCUT2D eigenvalue weighted by atomic mass is 10.1. The molecule has 2 aromatic rings. The first-order valence-corrected chi connectivity index (χ1v) is 7.69. The van der Waals surface area contributed by atoms with Crippen LogP contribution in [0, 0.1) is 0 Å². The number of aliphatic hydroxyl groups excluding tert-OH is 1. The van der Waals surface area contributed by atoms with Gasteiger partial charge in [-0.2, -0.15) is 8.78 Å². The SMILES string of the molecule is COc1ccc(CN[C@@H]2c3ccccc3C[C@@H]2O)c(OC(F)F)c1. The van der Waals surface area contributed by atoms with Crippen LogP contribution in [0.5, 0.6) is 11.5 Å². The maximum Gasteiger partial charge on any atom is 0.387 e. The molecule has 0 amide bonds. The number of fused-ring (bicyclic) bond motifs is 1. The Labute approximate surface area is 139 Å². The smallest absolute Gasteiger partial charge is 0.387 e. The van der Waals surface area contributed by atoms with Crippen LogP contribution in [-0.4, -0.2) is 24.9 Å². The summed E-state index contributed by atoms with van der Waals surface area (Å²) in [6, 6.07) is 12.4. The molecule has 128 valence electrons. The lowest BCUT2D eigenvalue weighted by Gasteiger charge is -2.19. The van der Waals surface area contributed by atoms with Crippen molar-refractivity contribution in [1.29, 1.82) is 0 Å². The highest BCUT2D eigenvalue weighted by Crippen LogP contribution is 2.32. The molecule has 2 N–H and O–H groups in total. The zero-order valence-corrected chi connectivity index (χ0v) is 13.2. The van der Waals surface area contributed by atoms with Crippen molar-refractivity contribution < 1.29 is 23.4 Å². The van der Waals surface area contributed by atoms with Gasteiger partial charge in [0.15, 0.2) is 0 Å². The Kier molecular flexibility index (Phi) is 4.97. The molecule has 0 unspecified atom stereocenters. The van der Waals surface area contributed by atoms with Gasteiger partial charge in [0.1, 0.15) is 11.5 Å². The van der Waals surface area contributed by atoms with Crippen LogP contribution in [0.3, 0.4) is 0 Å². The third-order valence-corrected chi connectivity index (χ3v) is 4.21. The number of benzene rings is 2. The van der Waals surface area contributed by atoms with Crippen molar-refractivity contribution in [2.75, 3.05) is 7.11 Å². The third-order valence-electron chi connectivity index (χ3n) is 4.21. The minimum atomic E-state index is -2.91. The Hall–Kier alpha value is -2.18. The number of hydrogen-bond acceptors (Lipinski definition) is 4. The van der Waals surface area contributed by atoms with E-state index in [0.29, 0.717) is 24.3 Å². The summed E-state index contributed by atoms with van der Waals surface area (Å²) in [6.07, 6.45) is 0.0386. The minimum absolute atomic E-state index is 0.0672. The predicted molar refractivity (Wildman–Crippen MR) is 85.4 cm³/mol. The fourth-order valence-electron chi connectivity index (χ4n) is 3.05. The van der Waals surface area contributed by atoms with Crippen LogP contribution in [0.4, 0.5) is 8.78 Å². The second-order valence-electron chi connectivity index (χ2n) is 5.68. The topological polar surface area (TPSA) is 50.7 Å². The molecular weight excluding hydrogens is 316 g/mol. The Morgan fingerprint density at radius 2 is 2.04 bits per heavy atom. The van der Waals surface area contributed by atoms with E-state index >= 15 is 0 Å². The molecule has 1 aliphatic carbocycles. The van der Waals surface area contributed by atoms with Gasteiger partial charge in [-0.05, 0) is 17.2 Å². The Balaban J connectivity index is 1.77. The van der Waals surface area contributed by atoms with Crippen LogP contribution in [0.2, 0.25) is 0 Å². The van der Waals surface area contributed by atoms with Crippen molar-refractivity contribution in [2.45, 2.75) is 31.7 Å². The van der Waals surface area contributed by atoms with Gasteiger partial charge in [0, 0.05) is 24.6 Å². The van der Waals surface area contributed by atoms with E-state index in [4.69, 9.17) is 4.74 Å². The summed E-state index contributed by atoms with van der Waals surface area (Å²) in [5, 5.41) is 13.5. The standard InChI is InChI=1S/C18H19F2NO3/c1-23-13-7-6-12(16(9-13)24-18(19)20)10-21-17-14-5-3-2-4-11(14)8-15(17)22/h2-7,9,15,17-18,21-22H,8,10H2,1H3/t15-,17+/m0/s1. The number of nitrogens with one attached hydrogen (secondary N) is 1. The molecule has 3 rings (SSSR count). The summed E-state index contributed by atoms with van der Waals surface area (Å²) in [6.45, 7) is -2.61. The number of hydrogen-bond donors (Lipinski definition) is 2. The van der Waals surface area contributed by atoms with Crippen molar-refractivity contribution in [3.05, 3.63) is 59.2 Å². The highest BCUT2D eigenvalue weighted by molar-refractivity contribution is 5.41. The molecule has 0 aromatic heterocycles. The summed E-state index contributed by atoms with van der Waals surface area (Å²) in [5.41, 5.74) is 2.71. The number of halogens is 2. The molecule has 0 radical (unpaired) electrons. The van der Waals surface area contributed by atoms with Crippen LogP contribution >= 0.6 is 0 Å². The molecule has 2 atom stereocenters. The van der Waals surface area contributed by atoms with E-state index in [1.54, 1.807) is 12.1 Å². The van der Waals surface area contributed by atoms with Gasteiger partial charge in [-0.25, -0.2) is 0 Å². The van der Waals surface area contributed by atoms with Gasteiger partial charge in [0.05, 0.1) is 19.3 Å². The van der Waals surface area contributed by atoms with Crippen LogP contribution in [0.25, 0.3) is 0 Å². The van der Waals surface area contributed by atoms with Gasteiger partial charge >= 0.3 is 6.61 Å². The van der Waals surface area contributed by atoms with Crippen molar-refractivity contribution in [3.63, 3.8) is 0 Å². The number of ether oxygens (including phenoxy) is 2. The molecule has 0 saturated heterocycles. The molecule has 0 spiro atoms. The van der Waals surface area contributed by atoms with Crippen LogP contribution in [0.1, 0.15) is 22.7 Å². The minimum Gasteiger partial charge on any atom is -0.497 e. The van der Waals surface area contributed by atoms with Crippen LogP contribution in [0.15, 0.2) is 42.5 Å². The highest BCUT2D eigenvalue weighted by atomic mass is 19.3. The Morgan fingerprint density at radius 1 is 1.25 bits per heavy atom. The second-order valence-corrected chi connectivity index (χ2v) is 5.68. The summed E-state index contributed by atoms with van der Waals surface area (Å²) in [7, 11) is 1.46. The molecule has 0 fully saturated rings. The van der Waals surface area contributed by atoms with E-state index < -0.39 is 12.7 Å². The van der Waals surface area contributed by atoms with E-state index in [9.17, 15) is 13.9 Å². The van der Waals surface area contributed by atoms with Gasteiger partial charge in [0.2, 0.25) is 0 Å². The lowest BCUT2D eigenvalue weighted by molar-refractivity contribution is -0.0506. The van der Waals surface area contributed by atoms with Gasteiger partial charge in [-0.3, -0.25) is 0 Å². The van der Waals surface area contributed by atoms with E-state index in [2.05, 4.69) is 10.1 Å². The quantitative estimate of drug-likeness (QED) is 0.852. The summed E-state index contributed by atoms with van der Waals surface area (Å²) >= 11 is 0. The lowest BCUT2D eigenvalue weighted by Crippen LogP contribution is -2.28. The number of alkyl halides is 2. The number of methoxy groups -OCH3 is 1. The number of aliphatic hydroxyl groups is 1. The first-order chi connectivity index (χ1) is 11.6. The normalized spacial score (nSPS) is 19.4. The summed E-state index contributed by atoms with van der Waals surface area (Å²) in [4.78, 5) is 0. The summed E-state index contributed by atoms with van der Waals surface area (Å²) in [5.74, 6) is 0.512. The van der Waals surface area contributed by atoms with Crippen LogP contribution in [-0.2, 0) is 13.0 Å². The fraction of sp³-hybridized carbons (Fsp3) is 0.333. The predicted octanol–water partition coefficient (Wildman–Crippen LogP) is 3.04. The average molecular weight is 335 g/mol. The van der Waals surface area contributed by atoms with Gasteiger partial charge in [-0.15, -0.1) is 0 Å². The molecule has 0 heterocycles. The molecule has 0 bridgehead atoms. The molecule has 0 aliphatic heterocycles. The third kappa shape index (κ3) is 3.49. The first-order valence-electron chi connectivity index (χ1n) is 7.69. The average Bonchev–Trinajstić information content (AvgIpc) is 2.88. The molecule has 2 aromatic carbocycles. The van der Waals surface area contributed by atoms with E-state index in [-0.39, 0.29) is 11.8 Å². The maximum absolute atomic E-state index is 12.6. The van der Waals surface area contributed by atoms with Crippen molar-refractivity contribution in [2.24, 2.45) is 0 Å². The molecule has 6 heteroatoms. The van der Waals surface area contributed by atoms with Crippen molar-refractivity contribution in [1.82, 2.24) is 5.32 Å².